The van der Waals surface area contributed by atoms with Gasteiger partial charge in [0.05, 0.1) is 14.2 Å². The lowest BCUT2D eigenvalue weighted by Gasteiger charge is -2.21. The molecule has 25 heavy (non-hydrogen) atoms. The molecular weight excluding hydrogens is 318 g/mol. The van der Waals surface area contributed by atoms with Crippen molar-refractivity contribution in [2.45, 2.75) is 32.9 Å². The standard InChI is InChI=1S/C20H25NO4/c1-20(2,3)21-19(22)15-11-16(23-4)18(17(12-15)24-5)25-13-14-9-7-6-8-10-14/h6-12H,13H2,1-5H3,(H,21,22). The van der Waals surface area contributed by atoms with Crippen LogP contribution in [0, 0.1) is 0 Å². The average Bonchev–Trinajstić information content (AvgIpc) is 2.58. The zero-order chi connectivity index (χ0) is 18.4. The summed E-state index contributed by atoms with van der Waals surface area (Å²) in [6, 6.07) is 13.1. The van der Waals surface area contributed by atoms with Gasteiger partial charge in [0.1, 0.15) is 6.61 Å². The van der Waals surface area contributed by atoms with Gasteiger partial charge in [-0.05, 0) is 38.5 Å². The monoisotopic (exact) mass is 343 g/mol. The number of carbonyl (C=O) groups excluding carboxylic acids is 1. The fourth-order valence-electron chi connectivity index (χ4n) is 2.30. The Balaban J connectivity index is 2.29. The largest absolute Gasteiger partial charge is 0.493 e. The summed E-state index contributed by atoms with van der Waals surface area (Å²) >= 11 is 0. The van der Waals surface area contributed by atoms with Crippen LogP contribution in [-0.4, -0.2) is 25.7 Å². The molecule has 134 valence electrons. The molecule has 1 N–H and O–H groups in total. The molecule has 0 spiro atoms. The first-order chi connectivity index (χ1) is 11.8. The lowest BCUT2D eigenvalue weighted by Crippen LogP contribution is -2.40. The van der Waals surface area contributed by atoms with Crippen molar-refractivity contribution < 1.29 is 19.0 Å². The van der Waals surface area contributed by atoms with Crippen LogP contribution in [0.5, 0.6) is 17.2 Å². The van der Waals surface area contributed by atoms with Crippen molar-refractivity contribution in [2.24, 2.45) is 0 Å². The van der Waals surface area contributed by atoms with Crippen molar-refractivity contribution in [3.05, 3.63) is 53.6 Å². The van der Waals surface area contributed by atoms with Crippen LogP contribution >= 0.6 is 0 Å². The van der Waals surface area contributed by atoms with E-state index in [4.69, 9.17) is 14.2 Å². The van der Waals surface area contributed by atoms with E-state index in [1.165, 1.54) is 14.2 Å². The molecule has 0 saturated carbocycles. The number of benzene rings is 2. The summed E-state index contributed by atoms with van der Waals surface area (Å²) in [5, 5.41) is 2.92. The Morgan fingerprint density at radius 3 is 2.04 bits per heavy atom. The van der Waals surface area contributed by atoms with Crippen LogP contribution in [0.2, 0.25) is 0 Å². The number of hydrogen-bond acceptors (Lipinski definition) is 4. The van der Waals surface area contributed by atoms with Crippen LogP contribution in [-0.2, 0) is 6.61 Å². The van der Waals surface area contributed by atoms with Crippen molar-refractivity contribution in [1.29, 1.82) is 0 Å². The molecule has 2 aromatic rings. The third kappa shape index (κ3) is 5.14. The van der Waals surface area contributed by atoms with Gasteiger partial charge in [0.2, 0.25) is 5.75 Å². The summed E-state index contributed by atoms with van der Waals surface area (Å²) in [6.07, 6.45) is 0. The van der Waals surface area contributed by atoms with E-state index >= 15 is 0 Å². The van der Waals surface area contributed by atoms with Crippen molar-refractivity contribution in [3.8, 4) is 17.2 Å². The third-order valence-corrected chi connectivity index (χ3v) is 3.44. The molecule has 0 fully saturated rings. The lowest BCUT2D eigenvalue weighted by atomic mass is 10.1. The predicted molar refractivity (Wildman–Crippen MR) is 97.5 cm³/mol. The first kappa shape index (κ1) is 18.6. The maximum absolute atomic E-state index is 12.4. The van der Waals surface area contributed by atoms with Crippen molar-refractivity contribution in [3.63, 3.8) is 0 Å². The average molecular weight is 343 g/mol. The van der Waals surface area contributed by atoms with Gasteiger partial charge in [-0.25, -0.2) is 0 Å². The highest BCUT2D eigenvalue weighted by Gasteiger charge is 2.20. The summed E-state index contributed by atoms with van der Waals surface area (Å²) in [5.74, 6) is 1.18. The fourth-order valence-corrected chi connectivity index (χ4v) is 2.30. The van der Waals surface area contributed by atoms with Crippen LogP contribution in [0.25, 0.3) is 0 Å². The Morgan fingerprint density at radius 1 is 1.00 bits per heavy atom. The zero-order valence-corrected chi connectivity index (χ0v) is 15.4. The number of hydrogen-bond donors (Lipinski definition) is 1. The Hall–Kier alpha value is -2.69. The van der Waals surface area contributed by atoms with Gasteiger partial charge in [-0.3, -0.25) is 4.79 Å². The number of ether oxygens (including phenoxy) is 3. The quantitative estimate of drug-likeness (QED) is 0.866. The second-order valence-electron chi connectivity index (χ2n) is 6.69. The molecule has 1 amide bonds. The van der Waals surface area contributed by atoms with Gasteiger partial charge < -0.3 is 19.5 Å². The summed E-state index contributed by atoms with van der Waals surface area (Å²) in [6.45, 7) is 6.16. The molecule has 0 aliphatic rings. The molecule has 5 nitrogen and oxygen atoms in total. The molecule has 2 rings (SSSR count). The SMILES string of the molecule is COc1cc(C(=O)NC(C)(C)C)cc(OC)c1OCc1ccccc1. The number of nitrogens with one attached hydrogen (secondary N) is 1. The molecule has 0 radical (unpaired) electrons. The van der Waals surface area contributed by atoms with E-state index in [9.17, 15) is 4.79 Å². The fraction of sp³-hybridized carbons (Fsp3) is 0.350. The highest BCUT2D eigenvalue weighted by atomic mass is 16.5. The van der Waals surface area contributed by atoms with Gasteiger partial charge in [0.25, 0.3) is 5.91 Å². The van der Waals surface area contributed by atoms with Gasteiger partial charge in [0.15, 0.2) is 11.5 Å². The molecule has 0 heterocycles. The minimum atomic E-state index is -0.333. The zero-order valence-electron chi connectivity index (χ0n) is 15.4. The van der Waals surface area contributed by atoms with E-state index in [2.05, 4.69) is 5.32 Å². The van der Waals surface area contributed by atoms with Gasteiger partial charge in [-0.2, -0.15) is 0 Å². The molecule has 0 bridgehead atoms. The maximum Gasteiger partial charge on any atom is 0.251 e. The smallest absolute Gasteiger partial charge is 0.251 e. The van der Waals surface area contributed by atoms with Gasteiger partial charge >= 0.3 is 0 Å². The Kier molecular flexibility index (Phi) is 5.91. The molecule has 0 aromatic heterocycles. The number of methoxy groups -OCH3 is 2. The Morgan fingerprint density at radius 2 is 1.56 bits per heavy atom. The maximum atomic E-state index is 12.4. The predicted octanol–water partition coefficient (Wildman–Crippen LogP) is 3.81. The molecule has 2 aromatic carbocycles. The van der Waals surface area contributed by atoms with Crippen LogP contribution in [0.4, 0.5) is 0 Å². The number of amides is 1. The highest BCUT2D eigenvalue weighted by molar-refractivity contribution is 5.96. The van der Waals surface area contributed by atoms with E-state index < -0.39 is 0 Å². The normalized spacial score (nSPS) is 10.9. The molecule has 0 aliphatic heterocycles. The topological polar surface area (TPSA) is 56.8 Å². The molecule has 5 heteroatoms. The van der Waals surface area contributed by atoms with E-state index in [-0.39, 0.29) is 11.4 Å². The summed E-state index contributed by atoms with van der Waals surface area (Å²) in [5.41, 5.74) is 1.15. The Bertz CT molecular complexity index is 695. The lowest BCUT2D eigenvalue weighted by molar-refractivity contribution is 0.0918. The molecule has 0 aliphatic carbocycles. The van der Waals surface area contributed by atoms with Gasteiger partial charge in [-0.15, -0.1) is 0 Å². The number of rotatable bonds is 6. The van der Waals surface area contributed by atoms with E-state index in [0.717, 1.165) is 5.56 Å². The van der Waals surface area contributed by atoms with Crippen LogP contribution in [0.1, 0.15) is 36.7 Å². The molecule has 0 unspecified atom stereocenters. The summed E-state index contributed by atoms with van der Waals surface area (Å²) < 4.78 is 16.7. The second-order valence-corrected chi connectivity index (χ2v) is 6.69. The van der Waals surface area contributed by atoms with E-state index in [0.29, 0.717) is 29.4 Å². The van der Waals surface area contributed by atoms with Gasteiger partial charge in [0, 0.05) is 11.1 Å². The first-order valence-electron chi connectivity index (χ1n) is 8.09. The van der Waals surface area contributed by atoms with Crippen molar-refractivity contribution in [2.75, 3.05) is 14.2 Å². The molecular formula is C20H25NO4. The summed E-state index contributed by atoms with van der Waals surface area (Å²) in [4.78, 5) is 12.4. The van der Waals surface area contributed by atoms with E-state index in [1.807, 2.05) is 51.1 Å². The van der Waals surface area contributed by atoms with E-state index in [1.54, 1.807) is 12.1 Å². The Labute approximate surface area is 148 Å². The van der Waals surface area contributed by atoms with Crippen LogP contribution < -0.4 is 19.5 Å². The third-order valence-electron chi connectivity index (χ3n) is 3.44. The van der Waals surface area contributed by atoms with Crippen LogP contribution in [0.3, 0.4) is 0 Å². The van der Waals surface area contributed by atoms with Crippen molar-refractivity contribution in [1.82, 2.24) is 5.32 Å². The van der Waals surface area contributed by atoms with Crippen molar-refractivity contribution >= 4 is 5.91 Å². The van der Waals surface area contributed by atoms with Crippen LogP contribution in [0.15, 0.2) is 42.5 Å². The summed E-state index contributed by atoms with van der Waals surface area (Å²) in [7, 11) is 3.07. The minimum Gasteiger partial charge on any atom is -0.493 e. The minimum absolute atomic E-state index is 0.196. The number of carbonyl (C=O) groups is 1. The second kappa shape index (κ2) is 7.92. The van der Waals surface area contributed by atoms with Gasteiger partial charge in [-0.1, -0.05) is 30.3 Å². The first-order valence-corrected chi connectivity index (χ1v) is 8.09. The molecule has 0 saturated heterocycles. The highest BCUT2D eigenvalue weighted by Crippen LogP contribution is 2.39. The molecule has 0 atom stereocenters.